The lowest BCUT2D eigenvalue weighted by Gasteiger charge is -2.27. The molecule has 1 saturated heterocycles. The van der Waals surface area contributed by atoms with Crippen LogP contribution in [0.5, 0.6) is 0 Å². The summed E-state index contributed by atoms with van der Waals surface area (Å²) in [5.41, 5.74) is 4.78. The number of hydrogen-bond donors (Lipinski definition) is 3. The maximum atomic E-state index is 12.1. The minimum absolute atomic E-state index is 0. The summed E-state index contributed by atoms with van der Waals surface area (Å²) >= 11 is 0. The van der Waals surface area contributed by atoms with Gasteiger partial charge in [0, 0.05) is 44.7 Å². The molecule has 0 spiro atoms. The number of rotatable bonds is 6. The largest absolute Gasteiger partial charge is 0.356 e. The van der Waals surface area contributed by atoms with Gasteiger partial charge in [0.15, 0.2) is 5.96 Å². The number of amides is 1. The summed E-state index contributed by atoms with van der Waals surface area (Å²) in [6, 6.07) is 16.7. The second kappa shape index (κ2) is 12.2. The van der Waals surface area contributed by atoms with E-state index in [4.69, 9.17) is 0 Å². The van der Waals surface area contributed by atoms with Crippen molar-refractivity contribution in [2.75, 3.05) is 32.0 Å². The zero-order valence-corrected chi connectivity index (χ0v) is 21.1. The SMILES string of the molecule is CN=C(NCc1ccccc1CN1CCCCC1)NCC1CC(=O)Nc2ccccc21.I. The monoisotopic (exact) mass is 547 g/mol. The van der Waals surface area contributed by atoms with Gasteiger partial charge in [-0.05, 0) is 48.7 Å². The topological polar surface area (TPSA) is 68.8 Å². The third-order valence-corrected chi connectivity index (χ3v) is 6.25. The molecule has 1 amide bonds. The standard InChI is InChI=1S/C25H33N5O.HI/c1-26-25(28-17-21-15-24(31)29-23-12-6-5-11-22(21)23)27-16-19-9-3-4-10-20(19)18-30-13-7-2-8-14-30;/h3-6,9-12,21H,2,7-8,13-18H2,1H3,(H,29,31)(H2,26,27,28);1H. The smallest absolute Gasteiger partial charge is 0.225 e. The van der Waals surface area contributed by atoms with Crippen molar-refractivity contribution in [3.63, 3.8) is 0 Å². The number of nitrogens with one attached hydrogen (secondary N) is 3. The lowest BCUT2D eigenvalue weighted by atomic mass is 9.90. The first-order valence-corrected chi connectivity index (χ1v) is 11.4. The van der Waals surface area contributed by atoms with Crippen molar-refractivity contribution in [1.82, 2.24) is 15.5 Å². The van der Waals surface area contributed by atoms with Crippen molar-refractivity contribution in [1.29, 1.82) is 0 Å². The van der Waals surface area contributed by atoms with Crippen molar-refractivity contribution >= 4 is 41.5 Å². The van der Waals surface area contributed by atoms with Crippen LogP contribution >= 0.6 is 24.0 Å². The Morgan fingerprint density at radius 1 is 1.03 bits per heavy atom. The molecule has 4 rings (SSSR count). The van der Waals surface area contributed by atoms with Crippen LogP contribution in [-0.2, 0) is 17.9 Å². The second-order valence-electron chi connectivity index (χ2n) is 8.45. The maximum absolute atomic E-state index is 12.1. The summed E-state index contributed by atoms with van der Waals surface area (Å²) in [6.07, 6.45) is 4.45. The van der Waals surface area contributed by atoms with Gasteiger partial charge in [-0.2, -0.15) is 0 Å². The minimum Gasteiger partial charge on any atom is -0.356 e. The normalized spacial score (nSPS) is 18.8. The van der Waals surface area contributed by atoms with Crippen LogP contribution in [0, 0.1) is 0 Å². The summed E-state index contributed by atoms with van der Waals surface area (Å²) in [6.45, 7) is 4.80. The summed E-state index contributed by atoms with van der Waals surface area (Å²) in [7, 11) is 1.79. The van der Waals surface area contributed by atoms with Crippen LogP contribution < -0.4 is 16.0 Å². The van der Waals surface area contributed by atoms with Crippen molar-refractivity contribution < 1.29 is 4.79 Å². The molecule has 3 N–H and O–H groups in total. The molecule has 32 heavy (non-hydrogen) atoms. The molecule has 172 valence electrons. The number of carbonyl (C=O) groups excluding carboxylic acids is 1. The number of anilines is 1. The molecular weight excluding hydrogens is 513 g/mol. The number of fused-ring (bicyclic) bond motifs is 1. The molecule has 2 aliphatic rings. The number of guanidine groups is 1. The number of nitrogens with zero attached hydrogens (tertiary/aromatic N) is 2. The van der Waals surface area contributed by atoms with E-state index in [-0.39, 0.29) is 35.8 Å². The van der Waals surface area contributed by atoms with Crippen molar-refractivity contribution in [2.45, 2.75) is 44.7 Å². The molecule has 2 aliphatic heterocycles. The lowest BCUT2D eigenvalue weighted by Crippen LogP contribution is -2.40. The first-order valence-electron chi connectivity index (χ1n) is 11.4. The third kappa shape index (κ3) is 6.45. The van der Waals surface area contributed by atoms with E-state index >= 15 is 0 Å². The highest BCUT2D eigenvalue weighted by Crippen LogP contribution is 2.31. The predicted molar refractivity (Wildman–Crippen MR) is 142 cm³/mol. The molecule has 1 fully saturated rings. The Hall–Kier alpha value is -2.13. The number of para-hydroxylation sites is 1. The Balaban J connectivity index is 0.00000289. The fourth-order valence-corrected chi connectivity index (χ4v) is 4.55. The predicted octanol–water partition coefficient (Wildman–Crippen LogP) is 4.08. The van der Waals surface area contributed by atoms with Gasteiger partial charge >= 0.3 is 0 Å². The van der Waals surface area contributed by atoms with E-state index in [1.54, 1.807) is 7.05 Å². The molecule has 2 aromatic rings. The van der Waals surface area contributed by atoms with Gasteiger partial charge in [0.05, 0.1) is 0 Å². The zero-order chi connectivity index (χ0) is 21.5. The third-order valence-electron chi connectivity index (χ3n) is 6.25. The molecule has 6 nitrogen and oxygen atoms in total. The Morgan fingerprint density at radius 3 is 2.53 bits per heavy atom. The number of likely N-dealkylation sites (tertiary alicyclic amines) is 1. The van der Waals surface area contributed by atoms with Gasteiger partial charge in [-0.15, -0.1) is 24.0 Å². The van der Waals surface area contributed by atoms with E-state index < -0.39 is 0 Å². The fourth-order valence-electron chi connectivity index (χ4n) is 4.55. The summed E-state index contributed by atoms with van der Waals surface area (Å²) < 4.78 is 0. The van der Waals surface area contributed by atoms with Crippen LogP contribution in [0.4, 0.5) is 5.69 Å². The lowest BCUT2D eigenvalue weighted by molar-refractivity contribution is -0.116. The number of halogens is 1. The van der Waals surface area contributed by atoms with Gasteiger partial charge in [0.2, 0.25) is 5.91 Å². The molecule has 0 aliphatic carbocycles. The van der Waals surface area contributed by atoms with Crippen molar-refractivity contribution in [2.24, 2.45) is 4.99 Å². The summed E-state index contributed by atoms with van der Waals surface area (Å²) in [5.74, 6) is 0.964. The highest BCUT2D eigenvalue weighted by Gasteiger charge is 2.24. The Morgan fingerprint density at radius 2 is 1.75 bits per heavy atom. The van der Waals surface area contributed by atoms with Gasteiger partial charge in [-0.3, -0.25) is 14.7 Å². The van der Waals surface area contributed by atoms with Crippen molar-refractivity contribution in [3.8, 4) is 0 Å². The van der Waals surface area contributed by atoms with Crippen LogP contribution in [0.15, 0.2) is 53.5 Å². The van der Waals surface area contributed by atoms with Gasteiger partial charge in [-0.25, -0.2) is 0 Å². The average molecular weight is 547 g/mol. The summed E-state index contributed by atoms with van der Waals surface area (Å²) in [4.78, 5) is 19.0. The maximum Gasteiger partial charge on any atom is 0.225 e. The molecule has 0 saturated carbocycles. The second-order valence-corrected chi connectivity index (χ2v) is 8.45. The van der Waals surface area contributed by atoms with Crippen LogP contribution in [0.3, 0.4) is 0 Å². The molecule has 2 heterocycles. The van der Waals surface area contributed by atoms with Gasteiger partial charge < -0.3 is 16.0 Å². The minimum atomic E-state index is 0. The average Bonchev–Trinajstić information content (AvgIpc) is 2.80. The zero-order valence-electron chi connectivity index (χ0n) is 18.8. The van der Waals surface area contributed by atoms with E-state index in [9.17, 15) is 4.79 Å². The van der Waals surface area contributed by atoms with E-state index in [1.807, 2.05) is 18.2 Å². The quantitative estimate of drug-likeness (QED) is 0.290. The molecule has 1 unspecified atom stereocenters. The van der Waals surface area contributed by atoms with Crippen LogP contribution in [0.1, 0.15) is 48.3 Å². The molecule has 1 atom stereocenters. The molecule has 0 radical (unpaired) electrons. The molecule has 0 bridgehead atoms. The summed E-state index contributed by atoms with van der Waals surface area (Å²) in [5, 5.41) is 9.84. The highest BCUT2D eigenvalue weighted by atomic mass is 127. The molecular formula is C25H34IN5O. The molecule has 7 heteroatoms. The molecule has 2 aromatic carbocycles. The number of benzene rings is 2. The fraction of sp³-hybridized carbons (Fsp3) is 0.440. The van der Waals surface area contributed by atoms with Crippen LogP contribution in [0.25, 0.3) is 0 Å². The first kappa shape index (κ1) is 24.5. The van der Waals surface area contributed by atoms with E-state index in [2.05, 4.69) is 56.2 Å². The Bertz CT molecular complexity index is 926. The van der Waals surface area contributed by atoms with Crippen LogP contribution in [-0.4, -0.2) is 43.4 Å². The first-order chi connectivity index (χ1) is 15.2. The van der Waals surface area contributed by atoms with E-state index in [0.717, 1.165) is 24.7 Å². The number of carbonyl (C=O) groups is 1. The Labute approximate surface area is 208 Å². The van der Waals surface area contributed by atoms with Crippen molar-refractivity contribution in [3.05, 3.63) is 65.2 Å². The van der Waals surface area contributed by atoms with Gasteiger partial charge in [-0.1, -0.05) is 48.9 Å². The number of piperidine rings is 1. The number of aliphatic imine (C=N–C) groups is 1. The number of hydrogen-bond acceptors (Lipinski definition) is 3. The van der Waals surface area contributed by atoms with E-state index in [0.29, 0.717) is 13.0 Å². The van der Waals surface area contributed by atoms with Gasteiger partial charge in [0.1, 0.15) is 0 Å². The van der Waals surface area contributed by atoms with Gasteiger partial charge in [0.25, 0.3) is 0 Å². The highest BCUT2D eigenvalue weighted by molar-refractivity contribution is 14.0. The van der Waals surface area contributed by atoms with Crippen LogP contribution in [0.2, 0.25) is 0 Å². The molecule has 0 aromatic heterocycles. The Kier molecular flexibility index (Phi) is 9.35. The van der Waals surface area contributed by atoms with E-state index in [1.165, 1.54) is 49.0 Å².